The van der Waals surface area contributed by atoms with Gasteiger partial charge in [0.2, 0.25) is 5.95 Å². The molecule has 0 fully saturated rings. The van der Waals surface area contributed by atoms with Gasteiger partial charge in [0.05, 0.1) is 6.54 Å². The minimum absolute atomic E-state index is 0.290. The summed E-state index contributed by atoms with van der Waals surface area (Å²) in [5.41, 5.74) is 1.43. The number of nitrogens with one attached hydrogen (secondary N) is 2. The van der Waals surface area contributed by atoms with Crippen molar-refractivity contribution < 1.29 is 4.39 Å². The van der Waals surface area contributed by atoms with Crippen molar-refractivity contribution >= 4 is 52.2 Å². The second kappa shape index (κ2) is 7.77. The Balaban J connectivity index is 1.61. The summed E-state index contributed by atoms with van der Waals surface area (Å²) in [5, 5.41) is 11.3. The minimum atomic E-state index is -0.290. The van der Waals surface area contributed by atoms with E-state index in [1.54, 1.807) is 28.9 Å². The van der Waals surface area contributed by atoms with Crippen molar-refractivity contribution in [2.24, 2.45) is 0 Å². The molecule has 1 aromatic heterocycles. The lowest BCUT2D eigenvalue weighted by atomic mass is 10.2. The molecule has 3 aromatic rings. The fourth-order valence-electron chi connectivity index (χ4n) is 2.14. The summed E-state index contributed by atoms with van der Waals surface area (Å²) in [6.45, 7) is 0.399. The summed E-state index contributed by atoms with van der Waals surface area (Å²) >= 11 is 17.1. The Morgan fingerprint density at radius 3 is 2.60 bits per heavy atom. The van der Waals surface area contributed by atoms with E-state index in [9.17, 15) is 4.39 Å². The Labute approximate surface area is 158 Å². The highest BCUT2D eigenvalue weighted by molar-refractivity contribution is 7.80. The van der Waals surface area contributed by atoms with Crippen LogP contribution in [-0.2, 0) is 6.54 Å². The third-order valence-corrected chi connectivity index (χ3v) is 3.76. The van der Waals surface area contributed by atoms with E-state index in [0.29, 0.717) is 33.3 Å². The average molecular weight is 396 g/mol. The molecule has 25 heavy (non-hydrogen) atoms. The lowest BCUT2D eigenvalue weighted by molar-refractivity contribution is 0.619. The summed E-state index contributed by atoms with van der Waals surface area (Å²) in [5.74, 6) is 0.0311. The van der Waals surface area contributed by atoms with E-state index >= 15 is 0 Å². The largest absolute Gasteiger partial charge is 0.332 e. The fourth-order valence-corrected chi connectivity index (χ4v) is 2.88. The number of hydrogen-bond acceptors (Lipinski definition) is 3. The monoisotopic (exact) mass is 395 g/mol. The van der Waals surface area contributed by atoms with Crippen molar-refractivity contribution in [3.8, 4) is 0 Å². The molecule has 0 aliphatic heterocycles. The molecule has 0 spiro atoms. The molecule has 9 heteroatoms. The zero-order valence-electron chi connectivity index (χ0n) is 12.7. The SMILES string of the molecule is Fc1cccc(Cn2cnc(NC(=S)Nc3cc(Cl)cc(Cl)c3)n2)c1. The number of thiocarbonyl (C=S) groups is 1. The third-order valence-electron chi connectivity index (χ3n) is 3.12. The molecule has 0 atom stereocenters. The van der Waals surface area contributed by atoms with Gasteiger partial charge in [0, 0.05) is 15.7 Å². The zero-order valence-corrected chi connectivity index (χ0v) is 15.0. The first-order valence-electron chi connectivity index (χ1n) is 7.16. The Kier molecular flexibility index (Phi) is 5.47. The maximum absolute atomic E-state index is 13.2. The molecule has 0 aliphatic carbocycles. The smallest absolute Gasteiger partial charge is 0.248 e. The number of aromatic nitrogens is 3. The average Bonchev–Trinajstić information content (AvgIpc) is 2.92. The molecule has 0 bridgehead atoms. The van der Waals surface area contributed by atoms with Crippen molar-refractivity contribution in [3.63, 3.8) is 0 Å². The summed E-state index contributed by atoms with van der Waals surface area (Å²) in [4.78, 5) is 4.12. The molecule has 0 unspecified atom stereocenters. The molecular formula is C16H12Cl2FN5S. The number of benzene rings is 2. The van der Waals surface area contributed by atoms with Gasteiger partial charge in [-0.1, -0.05) is 35.3 Å². The van der Waals surface area contributed by atoms with Crippen LogP contribution in [0.4, 0.5) is 16.0 Å². The molecule has 1 heterocycles. The molecule has 0 saturated heterocycles. The summed E-state index contributed by atoms with van der Waals surface area (Å²) < 4.78 is 14.8. The molecule has 3 rings (SSSR count). The summed E-state index contributed by atoms with van der Waals surface area (Å²) in [6.07, 6.45) is 1.53. The van der Waals surface area contributed by atoms with Gasteiger partial charge < -0.3 is 5.32 Å². The Hall–Kier alpha value is -2.22. The van der Waals surface area contributed by atoms with E-state index in [-0.39, 0.29) is 5.82 Å². The van der Waals surface area contributed by atoms with Gasteiger partial charge in [0.15, 0.2) is 5.11 Å². The van der Waals surface area contributed by atoms with Gasteiger partial charge in [0.1, 0.15) is 12.1 Å². The number of hydrogen-bond donors (Lipinski definition) is 2. The molecule has 0 amide bonds. The first-order chi connectivity index (χ1) is 12.0. The molecular weight excluding hydrogens is 384 g/mol. The lowest BCUT2D eigenvalue weighted by Gasteiger charge is -2.08. The molecule has 2 aromatic carbocycles. The molecule has 0 saturated carbocycles. The van der Waals surface area contributed by atoms with E-state index in [4.69, 9.17) is 35.4 Å². The topological polar surface area (TPSA) is 54.8 Å². The third kappa shape index (κ3) is 5.12. The second-order valence-corrected chi connectivity index (χ2v) is 6.41. The van der Waals surface area contributed by atoms with Crippen molar-refractivity contribution in [1.29, 1.82) is 0 Å². The van der Waals surface area contributed by atoms with Gasteiger partial charge in [-0.05, 0) is 48.1 Å². The van der Waals surface area contributed by atoms with Gasteiger partial charge in [-0.15, -0.1) is 5.10 Å². The van der Waals surface area contributed by atoms with Crippen molar-refractivity contribution in [1.82, 2.24) is 14.8 Å². The Morgan fingerprint density at radius 1 is 1.12 bits per heavy atom. The zero-order chi connectivity index (χ0) is 17.8. The maximum atomic E-state index is 13.2. The summed E-state index contributed by atoms with van der Waals surface area (Å²) in [7, 11) is 0. The van der Waals surface area contributed by atoms with Crippen molar-refractivity contribution in [2.45, 2.75) is 6.54 Å². The van der Waals surface area contributed by atoms with Crippen molar-refractivity contribution in [2.75, 3.05) is 10.6 Å². The maximum Gasteiger partial charge on any atom is 0.248 e. The van der Waals surface area contributed by atoms with E-state index in [0.717, 1.165) is 5.56 Å². The fraction of sp³-hybridized carbons (Fsp3) is 0.0625. The van der Waals surface area contributed by atoms with Crippen LogP contribution in [0.3, 0.4) is 0 Å². The highest BCUT2D eigenvalue weighted by Crippen LogP contribution is 2.22. The van der Waals surface area contributed by atoms with E-state index in [1.165, 1.54) is 18.5 Å². The van der Waals surface area contributed by atoms with Crippen LogP contribution in [0.1, 0.15) is 5.56 Å². The van der Waals surface area contributed by atoms with Gasteiger partial charge >= 0.3 is 0 Å². The van der Waals surface area contributed by atoms with Gasteiger partial charge in [-0.25, -0.2) is 14.1 Å². The predicted molar refractivity (Wildman–Crippen MR) is 102 cm³/mol. The Morgan fingerprint density at radius 2 is 1.88 bits per heavy atom. The first-order valence-corrected chi connectivity index (χ1v) is 8.32. The molecule has 0 aliphatic rings. The van der Waals surface area contributed by atoms with E-state index < -0.39 is 0 Å². The van der Waals surface area contributed by atoms with Crippen LogP contribution in [0.25, 0.3) is 0 Å². The van der Waals surface area contributed by atoms with Crippen LogP contribution >= 0.6 is 35.4 Å². The van der Waals surface area contributed by atoms with Gasteiger partial charge in [-0.3, -0.25) is 5.32 Å². The highest BCUT2D eigenvalue weighted by Gasteiger charge is 2.06. The van der Waals surface area contributed by atoms with Crippen LogP contribution in [0.5, 0.6) is 0 Å². The Bertz CT molecular complexity index is 895. The standard InChI is InChI=1S/C16H12Cl2FN5S/c17-11-5-12(18)7-14(6-11)21-16(25)22-15-20-9-24(23-15)8-10-2-1-3-13(19)4-10/h1-7,9H,8H2,(H2,21,22,23,25). The molecule has 128 valence electrons. The van der Waals surface area contributed by atoms with Crippen molar-refractivity contribution in [3.05, 3.63) is 70.2 Å². The second-order valence-electron chi connectivity index (χ2n) is 5.13. The predicted octanol–water partition coefficient (Wildman–Crippen LogP) is 4.58. The number of halogens is 3. The number of rotatable bonds is 4. The molecule has 0 radical (unpaired) electrons. The molecule has 5 nitrogen and oxygen atoms in total. The first kappa shape index (κ1) is 17.6. The number of anilines is 2. The number of nitrogens with zero attached hydrogens (tertiary/aromatic N) is 3. The van der Waals surface area contributed by atoms with Crippen LogP contribution in [0.15, 0.2) is 48.8 Å². The van der Waals surface area contributed by atoms with E-state index in [2.05, 4.69) is 20.7 Å². The van der Waals surface area contributed by atoms with Crippen LogP contribution in [0.2, 0.25) is 10.0 Å². The van der Waals surface area contributed by atoms with Crippen LogP contribution in [0, 0.1) is 5.82 Å². The van der Waals surface area contributed by atoms with Gasteiger partial charge in [0.25, 0.3) is 0 Å². The van der Waals surface area contributed by atoms with Crippen LogP contribution < -0.4 is 10.6 Å². The van der Waals surface area contributed by atoms with E-state index in [1.807, 2.05) is 6.07 Å². The minimum Gasteiger partial charge on any atom is -0.332 e. The van der Waals surface area contributed by atoms with Gasteiger partial charge in [-0.2, -0.15) is 0 Å². The van der Waals surface area contributed by atoms with Crippen LogP contribution in [-0.4, -0.2) is 19.9 Å². The summed E-state index contributed by atoms with van der Waals surface area (Å²) in [6, 6.07) is 11.3. The molecule has 2 N–H and O–H groups in total. The highest BCUT2D eigenvalue weighted by atomic mass is 35.5. The quantitative estimate of drug-likeness (QED) is 0.633. The lowest BCUT2D eigenvalue weighted by Crippen LogP contribution is -2.20. The normalized spacial score (nSPS) is 10.5.